The number of aliphatic hydroxyl groups is 1. The minimum absolute atomic E-state index is 0. The molecule has 0 spiro atoms. The number of carbonyl (C=O) groups is 1. The van der Waals surface area contributed by atoms with Gasteiger partial charge in [-0.15, -0.1) is 17.0 Å². The van der Waals surface area contributed by atoms with Crippen molar-refractivity contribution < 1.29 is 29.4 Å². The Morgan fingerprint density at radius 1 is 1.36 bits per heavy atom. The van der Waals surface area contributed by atoms with Gasteiger partial charge in [0.2, 0.25) is 0 Å². The van der Waals surface area contributed by atoms with E-state index in [4.69, 9.17) is 9.90 Å². The molecule has 0 aliphatic carbocycles. The van der Waals surface area contributed by atoms with Gasteiger partial charge in [0, 0.05) is 19.5 Å². The predicted molar refractivity (Wildman–Crippen MR) is 48.7 cm³/mol. The predicted octanol–water partition coefficient (Wildman–Crippen LogP) is 1.53. The third-order valence-electron chi connectivity index (χ3n) is 0. The quantitative estimate of drug-likeness (QED) is 0.401. The SMILES string of the molecule is Br.CC(C)(C)O.N.[CH2-]C=O.[Zn]. The fourth-order valence-electron chi connectivity index (χ4n) is 0. The van der Waals surface area contributed by atoms with Crippen LogP contribution in [-0.2, 0) is 24.3 Å². The zero-order chi connectivity index (χ0) is 7.21. The summed E-state index contributed by atoms with van der Waals surface area (Å²) >= 11 is 0. The molecule has 0 aromatic rings. The van der Waals surface area contributed by atoms with E-state index in [0.29, 0.717) is 6.29 Å². The fourth-order valence-corrected chi connectivity index (χ4v) is 0. The molecule has 0 bridgehead atoms. The van der Waals surface area contributed by atoms with Crippen molar-refractivity contribution in [2.24, 2.45) is 0 Å². The number of halogens is 1. The molecule has 11 heavy (non-hydrogen) atoms. The molecule has 0 aromatic heterocycles. The smallest absolute Gasteiger partial charge is 0.0563 e. The van der Waals surface area contributed by atoms with Gasteiger partial charge in [0.05, 0.1) is 5.60 Å². The van der Waals surface area contributed by atoms with Gasteiger partial charge < -0.3 is 23.0 Å². The maximum Gasteiger partial charge on any atom is 0.0563 e. The Bertz CT molecular complexity index is 60.1. The molecule has 68 valence electrons. The standard InChI is InChI=1S/C4H10O.C2H3O.BrH.H3N.Zn/c1-4(2,3)5;1-2-3;;;/h5H,1-3H3;2H,1H2;1H;1H3;/q;-1;;;. The summed E-state index contributed by atoms with van der Waals surface area (Å²) in [5.41, 5.74) is -0.500. The summed E-state index contributed by atoms with van der Waals surface area (Å²) < 4.78 is 0. The molecule has 0 unspecified atom stereocenters. The second-order valence-electron chi connectivity index (χ2n) is 2.34. The van der Waals surface area contributed by atoms with E-state index in [1.807, 2.05) is 0 Å². The van der Waals surface area contributed by atoms with Gasteiger partial charge in [0.25, 0.3) is 0 Å². The Labute approximate surface area is 92.1 Å². The largest absolute Gasteiger partial charge is 0.391 e. The number of hydrogen-bond donors (Lipinski definition) is 2. The molecule has 0 atom stereocenters. The average molecular weight is 281 g/mol. The summed E-state index contributed by atoms with van der Waals surface area (Å²) in [4.78, 5) is 8.69. The molecule has 4 N–H and O–H groups in total. The molecule has 5 heteroatoms. The Morgan fingerprint density at radius 3 is 1.36 bits per heavy atom. The van der Waals surface area contributed by atoms with Gasteiger partial charge in [-0.25, -0.2) is 0 Å². The number of aldehydes is 1. The molecule has 0 fully saturated rings. The first-order valence-electron chi connectivity index (χ1n) is 2.37. The van der Waals surface area contributed by atoms with Crippen molar-refractivity contribution in [1.82, 2.24) is 6.15 Å². The van der Waals surface area contributed by atoms with Gasteiger partial charge in [-0.1, -0.05) is 0 Å². The van der Waals surface area contributed by atoms with Gasteiger partial charge in [0.1, 0.15) is 0 Å². The molecule has 3 nitrogen and oxygen atoms in total. The number of carbonyl (C=O) groups excluding carboxylic acids is 1. The summed E-state index contributed by atoms with van der Waals surface area (Å²) in [6, 6.07) is 0. The monoisotopic (exact) mass is 278 g/mol. The van der Waals surface area contributed by atoms with Crippen molar-refractivity contribution in [2.75, 3.05) is 0 Å². The van der Waals surface area contributed by atoms with E-state index in [-0.39, 0.29) is 42.6 Å². The first-order chi connectivity index (χ1) is 3.41. The molecule has 0 heterocycles. The van der Waals surface area contributed by atoms with Crippen LogP contribution in [0, 0.1) is 6.92 Å². The second kappa shape index (κ2) is 16.9. The Morgan fingerprint density at radius 2 is 1.36 bits per heavy atom. The van der Waals surface area contributed by atoms with E-state index in [1.54, 1.807) is 20.8 Å². The van der Waals surface area contributed by atoms with E-state index in [2.05, 4.69) is 6.92 Å². The van der Waals surface area contributed by atoms with Crippen LogP contribution in [0.3, 0.4) is 0 Å². The summed E-state index contributed by atoms with van der Waals surface area (Å²) in [5.74, 6) is 0. The summed E-state index contributed by atoms with van der Waals surface area (Å²) in [5, 5.41) is 8.52. The van der Waals surface area contributed by atoms with Crippen LogP contribution in [-0.4, -0.2) is 17.0 Å². The summed E-state index contributed by atoms with van der Waals surface area (Å²) in [7, 11) is 0. The summed E-state index contributed by atoms with van der Waals surface area (Å²) in [6.45, 7) is 8.03. The number of hydrogen-bond acceptors (Lipinski definition) is 3. The van der Waals surface area contributed by atoms with Crippen molar-refractivity contribution in [2.45, 2.75) is 26.4 Å². The van der Waals surface area contributed by atoms with Gasteiger partial charge >= 0.3 is 0 Å². The summed E-state index contributed by atoms with van der Waals surface area (Å²) in [6.07, 6.45) is 0.500. The van der Waals surface area contributed by atoms with Crippen LogP contribution in [0.1, 0.15) is 20.8 Å². The van der Waals surface area contributed by atoms with Crippen molar-refractivity contribution in [1.29, 1.82) is 0 Å². The van der Waals surface area contributed by atoms with Crippen LogP contribution < -0.4 is 6.15 Å². The molecular formula is C6H17BrNO2Zn-. The van der Waals surface area contributed by atoms with E-state index in [0.717, 1.165) is 0 Å². The third-order valence-corrected chi connectivity index (χ3v) is 0. The van der Waals surface area contributed by atoms with Gasteiger partial charge in [-0.05, 0) is 27.1 Å². The third kappa shape index (κ3) is 2440. The molecule has 0 amide bonds. The van der Waals surface area contributed by atoms with E-state index < -0.39 is 5.60 Å². The van der Waals surface area contributed by atoms with Crippen molar-refractivity contribution in [3.8, 4) is 0 Å². The van der Waals surface area contributed by atoms with E-state index >= 15 is 0 Å². The fraction of sp³-hybridized carbons (Fsp3) is 0.667. The minimum Gasteiger partial charge on any atom is -0.391 e. The van der Waals surface area contributed by atoms with Gasteiger partial charge in [-0.3, -0.25) is 0 Å². The van der Waals surface area contributed by atoms with Crippen LogP contribution in [0.5, 0.6) is 0 Å². The molecule has 0 saturated carbocycles. The van der Waals surface area contributed by atoms with Gasteiger partial charge in [-0.2, -0.15) is 0 Å². The van der Waals surface area contributed by atoms with Crippen molar-refractivity contribution in [3.05, 3.63) is 6.92 Å². The zero-order valence-electron chi connectivity index (χ0n) is 7.46. The minimum atomic E-state index is -0.500. The first kappa shape index (κ1) is 30.0. The molecule has 0 rings (SSSR count). The zero-order valence-corrected chi connectivity index (χ0v) is 12.1. The molecule has 0 radical (unpaired) electrons. The molecular weight excluding hydrogens is 263 g/mol. The van der Waals surface area contributed by atoms with Crippen LogP contribution in [0.25, 0.3) is 0 Å². The molecule has 0 saturated heterocycles. The van der Waals surface area contributed by atoms with Crippen LogP contribution in [0.2, 0.25) is 0 Å². The van der Waals surface area contributed by atoms with Gasteiger partial charge in [0.15, 0.2) is 0 Å². The van der Waals surface area contributed by atoms with E-state index in [9.17, 15) is 0 Å². The van der Waals surface area contributed by atoms with Crippen LogP contribution >= 0.6 is 17.0 Å². The Balaban J connectivity index is -0.0000000183. The maximum atomic E-state index is 8.69. The molecule has 0 aliphatic rings. The van der Waals surface area contributed by atoms with Crippen molar-refractivity contribution in [3.63, 3.8) is 0 Å². The number of rotatable bonds is 0. The maximum absolute atomic E-state index is 8.69. The van der Waals surface area contributed by atoms with Crippen LogP contribution in [0.15, 0.2) is 0 Å². The molecule has 0 aromatic carbocycles. The van der Waals surface area contributed by atoms with Crippen molar-refractivity contribution >= 4 is 23.3 Å². The Kier molecular flexibility index (Phi) is 46.0. The topological polar surface area (TPSA) is 72.3 Å². The second-order valence-corrected chi connectivity index (χ2v) is 2.34. The normalized spacial score (nSPS) is 6.55. The van der Waals surface area contributed by atoms with Crippen LogP contribution in [0.4, 0.5) is 0 Å². The first-order valence-corrected chi connectivity index (χ1v) is 2.37. The average Bonchev–Trinajstić information content (AvgIpc) is 1.27. The molecule has 0 aliphatic heterocycles. The Hall–Kier alpha value is 0.563. The van der Waals surface area contributed by atoms with E-state index in [1.165, 1.54) is 0 Å².